The molecule has 0 radical (unpaired) electrons. The predicted molar refractivity (Wildman–Crippen MR) is 77.2 cm³/mol. The van der Waals surface area contributed by atoms with Crippen molar-refractivity contribution in [1.82, 2.24) is 0 Å². The Balaban J connectivity index is 2.17. The molecule has 0 heterocycles. The van der Waals surface area contributed by atoms with Crippen molar-refractivity contribution in [2.75, 3.05) is 0 Å². The van der Waals surface area contributed by atoms with E-state index < -0.39 is 5.82 Å². The van der Waals surface area contributed by atoms with Crippen molar-refractivity contribution in [1.29, 1.82) is 0 Å². The third-order valence-electron chi connectivity index (χ3n) is 2.77. The van der Waals surface area contributed by atoms with Crippen molar-refractivity contribution in [3.63, 3.8) is 0 Å². The summed E-state index contributed by atoms with van der Waals surface area (Å²) in [7, 11) is 0. The van der Waals surface area contributed by atoms with Crippen LogP contribution in [0.15, 0.2) is 36.4 Å². The first-order valence-electron chi connectivity index (χ1n) is 5.85. The molecule has 0 bridgehead atoms. The molecule has 0 unspecified atom stereocenters. The average molecular weight is 313 g/mol. The van der Waals surface area contributed by atoms with Crippen molar-refractivity contribution in [3.05, 3.63) is 63.4 Å². The second-order valence-corrected chi connectivity index (χ2v) is 5.00. The van der Waals surface area contributed by atoms with E-state index >= 15 is 0 Å². The molecule has 0 aromatic heterocycles. The first-order chi connectivity index (χ1) is 9.49. The molecule has 0 N–H and O–H groups in total. The number of carbonyl (C=O) groups excluding carboxylic acids is 1. The standard InChI is InChI=1S/C15H11Cl2FO2/c1-9(19)10-5-6-15(14(18)7-10)20-8-11-12(16)3-2-4-13(11)17/h2-7H,8H2,1H3. The smallest absolute Gasteiger partial charge is 0.165 e. The van der Waals surface area contributed by atoms with Crippen LogP contribution >= 0.6 is 23.2 Å². The molecule has 0 aliphatic heterocycles. The molecule has 0 aliphatic rings. The third-order valence-corrected chi connectivity index (χ3v) is 3.48. The molecule has 0 saturated heterocycles. The van der Waals surface area contributed by atoms with E-state index in [0.717, 1.165) is 6.07 Å². The van der Waals surface area contributed by atoms with Gasteiger partial charge in [-0.2, -0.15) is 0 Å². The van der Waals surface area contributed by atoms with E-state index in [4.69, 9.17) is 27.9 Å². The number of ketones is 1. The number of benzene rings is 2. The molecule has 0 amide bonds. The van der Waals surface area contributed by atoms with Crippen molar-refractivity contribution < 1.29 is 13.9 Å². The highest BCUT2D eigenvalue weighted by Gasteiger charge is 2.10. The van der Waals surface area contributed by atoms with Gasteiger partial charge in [0.05, 0.1) is 0 Å². The number of hydrogen-bond donors (Lipinski definition) is 0. The van der Waals surface area contributed by atoms with Gasteiger partial charge in [-0.1, -0.05) is 29.3 Å². The van der Waals surface area contributed by atoms with Gasteiger partial charge < -0.3 is 4.74 Å². The van der Waals surface area contributed by atoms with Crippen LogP contribution in [-0.4, -0.2) is 5.78 Å². The molecule has 0 atom stereocenters. The van der Waals surface area contributed by atoms with Crippen LogP contribution in [0.3, 0.4) is 0 Å². The predicted octanol–water partition coefficient (Wildman–Crippen LogP) is 4.91. The summed E-state index contributed by atoms with van der Waals surface area (Å²) < 4.78 is 19.1. The number of ether oxygens (including phenoxy) is 1. The lowest BCUT2D eigenvalue weighted by molar-refractivity contribution is 0.101. The first kappa shape index (κ1) is 14.8. The van der Waals surface area contributed by atoms with Crippen molar-refractivity contribution in [2.24, 2.45) is 0 Å². The Kier molecular flexibility index (Phi) is 4.63. The number of rotatable bonds is 4. The van der Waals surface area contributed by atoms with Crippen molar-refractivity contribution >= 4 is 29.0 Å². The van der Waals surface area contributed by atoms with Crippen LogP contribution in [-0.2, 0) is 6.61 Å². The van der Waals surface area contributed by atoms with Crippen LogP contribution in [0.4, 0.5) is 4.39 Å². The monoisotopic (exact) mass is 312 g/mol. The lowest BCUT2D eigenvalue weighted by atomic mass is 10.1. The van der Waals surface area contributed by atoms with Crippen LogP contribution in [0.1, 0.15) is 22.8 Å². The molecular weight excluding hydrogens is 302 g/mol. The van der Waals surface area contributed by atoms with Gasteiger partial charge >= 0.3 is 0 Å². The van der Waals surface area contributed by atoms with Crippen LogP contribution in [0.25, 0.3) is 0 Å². The molecule has 104 valence electrons. The number of halogens is 3. The van der Waals surface area contributed by atoms with E-state index in [0.29, 0.717) is 21.2 Å². The summed E-state index contributed by atoms with van der Waals surface area (Å²) >= 11 is 12.0. The Morgan fingerprint density at radius 1 is 1.20 bits per heavy atom. The van der Waals surface area contributed by atoms with Crippen molar-refractivity contribution in [2.45, 2.75) is 13.5 Å². The molecule has 2 rings (SSSR count). The highest BCUT2D eigenvalue weighted by atomic mass is 35.5. The zero-order chi connectivity index (χ0) is 14.7. The molecule has 0 fully saturated rings. The van der Waals surface area contributed by atoms with Crippen LogP contribution in [0, 0.1) is 5.82 Å². The van der Waals surface area contributed by atoms with Gasteiger partial charge in [-0.25, -0.2) is 4.39 Å². The summed E-state index contributed by atoms with van der Waals surface area (Å²) in [6.45, 7) is 1.42. The first-order valence-corrected chi connectivity index (χ1v) is 6.61. The maximum Gasteiger partial charge on any atom is 0.165 e. The Bertz CT molecular complexity index is 636. The zero-order valence-electron chi connectivity index (χ0n) is 10.6. The molecule has 20 heavy (non-hydrogen) atoms. The molecule has 0 spiro atoms. The van der Waals surface area contributed by atoms with Crippen LogP contribution < -0.4 is 4.74 Å². The SMILES string of the molecule is CC(=O)c1ccc(OCc2c(Cl)cccc2Cl)c(F)c1. The molecule has 0 aliphatic carbocycles. The van der Waals surface area contributed by atoms with Gasteiger partial charge in [-0.15, -0.1) is 0 Å². The van der Waals surface area contributed by atoms with E-state index in [1.54, 1.807) is 18.2 Å². The lowest BCUT2D eigenvalue weighted by Crippen LogP contribution is -2.00. The summed E-state index contributed by atoms with van der Waals surface area (Å²) in [5.74, 6) is -0.753. The van der Waals surface area contributed by atoms with Gasteiger partial charge in [0.2, 0.25) is 0 Å². The Labute approximate surface area is 126 Å². The number of carbonyl (C=O) groups is 1. The van der Waals surface area contributed by atoms with Crippen LogP contribution in [0.2, 0.25) is 10.0 Å². The quantitative estimate of drug-likeness (QED) is 0.749. The van der Waals surface area contributed by atoms with E-state index in [2.05, 4.69) is 0 Å². The van der Waals surface area contributed by atoms with Gasteiger partial charge in [0.25, 0.3) is 0 Å². The van der Waals surface area contributed by atoms with Gasteiger partial charge in [0.15, 0.2) is 17.3 Å². The summed E-state index contributed by atoms with van der Waals surface area (Å²) in [5.41, 5.74) is 0.886. The minimum Gasteiger partial charge on any atom is -0.486 e. The lowest BCUT2D eigenvalue weighted by Gasteiger charge is -2.10. The molecule has 2 aromatic rings. The van der Waals surface area contributed by atoms with Gasteiger partial charge in [-0.05, 0) is 37.3 Å². The fraction of sp³-hybridized carbons (Fsp3) is 0.133. The topological polar surface area (TPSA) is 26.3 Å². The molecular formula is C15H11Cl2FO2. The molecule has 2 nitrogen and oxygen atoms in total. The normalized spacial score (nSPS) is 10.4. The highest BCUT2D eigenvalue weighted by Crippen LogP contribution is 2.27. The Morgan fingerprint density at radius 3 is 2.40 bits per heavy atom. The Hall–Kier alpha value is -1.58. The maximum atomic E-state index is 13.8. The summed E-state index contributed by atoms with van der Waals surface area (Å²) in [4.78, 5) is 11.1. The van der Waals surface area contributed by atoms with E-state index in [1.807, 2.05) is 0 Å². The average Bonchev–Trinajstić information content (AvgIpc) is 2.39. The van der Waals surface area contributed by atoms with Crippen molar-refractivity contribution in [3.8, 4) is 5.75 Å². The van der Waals surface area contributed by atoms with E-state index in [-0.39, 0.29) is 18.1 Å². The second-order valence-electron chi connectivity index (χ2n) is 4.19. The summed E-state index contributed by atoms with van der Waals surface area (Å²) in [6.07, 6.45) is 0. The Morgan fingerprint density at radius 2 is 1.85 bits per heavy atom. The van der Waals surface area contributed by atoms with Gasteiger partial charge in [0.1, 0.15) is 6.61 Å². The van der Waals surface area contributed by atoms with E-state index in [9.17, 15) is 9.18 Å². The summed E-state index contributed by atoms with van der Waals surface area (Å²) in [5, 5.41) is 0.913. The largest absolute Gasteiger partial charge is 0.486 e. The fourth-order valence-electron chi connectivity index (χ4n) is 1.66. The minimum atomic E-state index is -0.596. The summed E-state index contributed by atoms with van der Waals surface area (Å²) in [6, 6.07) is 9.15. The maximum absolute atomic E-state index is 13.8. The number of hydrogen-bond acceptors (Lipinski definition) is 2. The molecule has 0 saturated carbocycles. The number of Topliss-reactive ketones (excluding diaryl/α,β-unsaturated/α-hetero) is 1. The third kappa shape index (κ3) is 3.30. The van der Waals surface area contributed by atoms with Gasteiger partial charge in [-0.3, -0.25) is 4.79 Å². The zero-order valence-corrected chi connectivity index (χ0v) is 12.1. The molecule has 2 aromatic carbocycles. The molecule has 5 heteroatoms. The second kappa shape index (κ2) is 6.25. The van der Waals surface area contributed by atoms with Crippen LogP contribution in [0.5, 0.6) is 5.75 Å². The highest BCUT2D eigenvalue weighted by molar-refractivity contribution is 6.35. The minimum absolute atomic E-state index is 0.0472. The van der Waals surface area contributed by atoms with Gasteiger partial charge in [0, 0.05) is 21.2 Å². The fourth-order valence-corrected chi connectivity index (χ4v) is 2.16. The van der Waals surface area contributed by atoms with E-state index in [1.165, 1.54) is 19.1 Å².